The quantitative estimate of drug-likeness (QED) is 0.636. The second kappa shape index (κ2) is 5.37. The number of alkyl halides is 3. The molecule has 3 rings (SSSR count). The van der Waals surface area contributed by atoms with Gasteiger partial charge in [-0.1, -0.05) is 48.2 Å². The molecule has 0 spiro atoms. The third-order valence-corrected chi connectivity index (χ3v) is 3.79. The summed E-state index contributed by atoms with van der Waals surface area (Å²) in [4.78, 5) is 8.12. The Labute approximate surface area is 123 Å². The lowest BCUT2D eigenvalue weighted by Crippen LogP contribution is -2.11. The van der Waals surface area contributed by atoms with Gasteiger partial charge in [0.25, 0.3) is 0 Å². The van der Waals surface area contributed by atoms with Gasteiger partial charge in [-0.15, -0.1) is 0 Å². The first-order valence-electron chi connectivity index (χ1n) is 6.11. The van der Waals surface area contributed by atoms with Gasteiger partial charge in [0.1, 0.15) is 5.03 Å². The van der Waals surface area contributed by atoms with Gasteiger partial charge in [-0.3, -0.25) is 0 Å². The second-order valence-corrected chi connectivity index (χ2v) is 5.34. The molecule has 6 heteroatoms. The van der Waals surface area contributed by atoms with Crippen LogP contribution in [0.5, 0.6) is 0 Å². The van der Waals surface area contributed by atoms with Gasteiger partial charge in [0, 0.05) is 10.3 Å². The smallest absolute Gasteiger partial charge is 0.224 e. The fraction of sp³-hybridized carbons (Fsp3) is 0.0667. The molecule has 0 fully saturated rings. The molecule has 0 atom stereocenters. The van der Waals surface area contributed by atoms with E-state index < -0.39 is 12.0 Å². The zero-order chi connectivity index (χ0) is 14.9. The van der Waals surface area contributed by atoms with Crippen molar-refractivity contribution in [3.63, 3.8) is 0 Å². The van der Waals surface area contributed by atoms with E-state index in [1.165, 1.54) is 11.8 Å². The lowest BCUT2D eigenvalue weighted by atomic mass is 10.2. The molecule has 0 saturated heterocycles. The summed E-state index contributed by atoms with van der Waals surface area (Å²) in [6, 6.07) is 15.9. The van der Waals surface area contributed by atoms with Gasteiger partial charge < -0.3 is 0 Å². The summed E-state index contributed by atoms with van der Waals surface area (Å²) in [6.07, 6.45) is -4.56. The molecule has 106 valence electrons. The zero-order valence-electron chi connectivity index (χ0n) is 10.6. The molecular weight excluding hydrogens is 297 g/mol. The van der Waals surface area contributed by atoms with E-state index in [4.69, 9.17) is 0 Å². The Morgan fingerprint density at radius 3 is 2.19 bits per heavy atom. The number of fused-ring (bicyclic) bond motifs is 1. The largest absolute Gasteiger partial charge is 0.451 e. The van der Waals surface area contributed by atoms with E-state index in [1.54, 1.807) is 24.3 Å². The minimum absolute atomic E-state index is 0.290. The van der Waals surface area contributed by atoms with E-state index in [0.29, 0.717) is 15.9 Å². The number of rotatable bonds is 2. The molecule has 0 amide bonds. The maximum atomic E-state index is 12.9. The van der Waals surface area contributed by atoms with Crippen LogP contribution in [0.25, 0.3) is 10.9 Å². The number of hydrogen-bond donors (Lipinski definition) is 0. The Hall–Kier alpha value is -2.08. The maximum absolute atomic E-state index is 12.9. The Balaban J connectivity index is 2.15. The first kappa shape index (κ1) is 13.9. The van der Waals surface area contributed by atoms with E-state index in [-0.39, 0.29) is 0 Å². The Bertz CT molecular complexity index is 773. The SMILES string of the molecule is FC(F)(F)c1nc(Sc2ccccc2)c2ccccc2n1. The van der Waals surface area contributed by atoms with Gasteiger partial charge in [0.05, 0.1) is 5.52 Å². The van der Waals surface area contributed by atoms with E-state index in [9.17, 15) is 13.2 Å². The number of hydrogen-bond acceptors (Lipinski definition) is 3. The minimum atomic E-state index is -4.56. The van der Waals surface area contributed by atoms with E-state index in [2.05, 4.69) is 9.97 Å². The first-order chi connectivity index (χ1) is 10.0. The fourth-order valence-electron chi connectivity index (χ4n) is 1.85. The van der Waals surface area contributed by atoms with Gasteiger partial charge in [-0.05, 0) is 18.2 Å². The Kier molecular flexibility index (Phi) is 3.55. The highest BCUT2D eigenvalue weighted by atomic mass is 32.2. The van der Waals surface area contributed by atoms with Crippen LogP contribution in [0, 0.1) is 0 Å². The number of nitrogens with zero attached hydrogens (tertiary/aromatic N) is 2. The van der Waals surface area contributed by atoms with Crippen LogP contribution in [-0.2, 0) is 6.18 Å². The molecule has 0 unspecified atom stereocenters. The standard InChI is InChI=1S/C15H9F3N2S/c16-15(17,18)14-19-12-9-5-4-8-11(12)13(20-14)21-10-6-2-1-3-7-10/h1-9H. The van der Waals surface area contributed by atoms with Crippen LogP contribution in [0.1, 0.15) is 5.82 Å². The van der Waals surface area contributed by atoms with E-state index in [1.807, 2.05) is 30.3 Å². The van der Waals surface area contributed by atoms with E-state index in [0.717, 1.165) is 4.90 Å². The average Bonchev–Trinajstić information content (AvgIpc) is 2.47. The second-order valence-electron chi connectivity index (χ2n) is 4.28. The van der Waals surface area contributed by atoms with Crippen LogP contribution in [0.3, 0.4) is 0 Å². The van der Waals surface area contributed by atoms with Crippen LogP contribution in [-0.4, -0.2) is 9.97 Å². The summed E-state index contributed by atoms with van der Waals surface area (Å²) in [7, 11) is 0. The molecule has 21 heavy (non-hydrogen) atoms. The third-order valence-electron chi connectivity index (χ3n) is 2.78. The molecule has 2 nitrogen and oxygen atoms in total. The number of aromatic nitrogens is 2. The summed E-state index contributed by atoms with van der Waals surface area (Å²) < 4.78 is 38.7. The van der Waals surface area contributed by atoms with Crippen molar-refractivity contribution in [2.75, 3.05) is 0 Å². The molecule has 0 bridgehead atoms. The number of halogens is 3. The zero-order valence-corrected chi connectivity index (χ0v) is 11.4. The van der Waals surface area contributed by atoms with Gasteiger partial charge in [-0.2, -0.15) is 13.2 Å². The molecule has 0 N–H and O–H groups in total. The van der Waals surface area contributed by atoms with Crippen molar-refractivity contribution in [2.45, 2.75) is 16.1 Å². The summed E-state index contributed by atoms with van der Waals surface area (Å²) in [5.41, 5.74) is 0.290. The van der Waals surface area contributed by atoms with E-state index >= 15 is 0 Å². The monoisotopic (exact) mass is 306 g/mol. The van der Waals surface area contributed by atoms with Gasteiger partial charge >= 0.3 is 6.18 Å². The highest BCUT2D eigenvalue weighted by Crippen LogP contribution is 2.34. The molecule has 3 aromatic rings. The molecule has 0 aliphatic carbocycles. The molecular formula is C15H9F3N2S. The molecule has 0 aliphatic heterocycles. The fourth-order valence-corrected chi connectivity index (χ4v) is 2.78. The topological polar surface area (TPSA) is 25.8 Å². The Morgan fingerprint density at radius 1 is 0.810 bits per heavy atom. The molecule has 0 saturated carbocycles. The van der Waals surface area contributed by atoms with Gasteiger partial charge in [0.15, 0.2) is 0 Å². The van der Waals surface area contributed by atoms with Crippen LogP contribution >= 0.6 is 11.8 Å². The highest BCUT2D eigenvalue weighted by molar-refractivity contribution is 7.99. The van der Waals surface area contributed by atoms with Crippen molar-refractivity contribution in [1.29, 1.82) is 0 Å². The normalized spacial score (nSPS) is 11.8. The van der Waals surface area contributed by atoms with Crippen molar-refractivity contribution in [3.05, 3.63) is 60.4 Å². The van der Waals surface area contributed by atoms with Crippen molar-refractivity contribution in [2.24, 2.45) is 0 Å². The first-order valence-corrected chi connectivity index (χ1v) is 6.92. The van der Waals surface area contributed by atoms with Gasteiger partial charge in [0.2, 0.25) is 5.82 Å². The predicted octanol–water partition coefficient (Wildman–Crippen LogP) is 4.80. The third kappa shape index (κ3) is 3.00. The van der Waals surface area contributed by atoms with Crippen molar-refractivity contribution in [1.82, 2.24) is 9.97 Å². The summed E-state index contributed by atoms with van der Waals surface area (Å²) in [5, 5.41) is 0.915. The number of para-hydroxylation sites is 1. The lowest BCUT2D eigenvalue weighted by molar-refractivity contribution is -0.145. The van der Waals surface area contributed by atoms with Crippen LogP contribution < -0.4 is 0 Å². The maximum Gasteiger partial charge on any atom is 0.451 e. The average molecular weight is 306 g/mol. The summed E-state index contributed by atoms with van der Waals surface area (Å²) >= 11 is 1.20. The van der Waals surface area contributed by atoms with Crippen molar-refractivity contribution in [3.8, 4) is 0 Å². The van der Waals surface area contributed by atoms with Crippen LogP contribution in [0.2, 0.25) is 0 Å². The van der Waals surface area contributed by atoms with Crippen molar-refractivity contribution >= 4 is 22.7 Å². The van der Waals surface area contributed by atoms with Crippen molar-refractivity contribution < 1.29 is 13.2 Å². The Morgan fingerprint density at radius 2 is 1.48 bits per heavy atom. The molecule has 1 aromatic heterocycles. The molecule has 0 aliphatic rings. The lowest BCUT2D eigenvalue weighted by Gasteiger charge is -2.10. The van der Waals surface area contributed by atoms with Crippen LogP contribution in [0.4, 0.5) is 13.2 Å². The summed E-state index contributed by atoms with van der Waals surface area (Å²) in [6.45, 7) is 0. The molecule has 1 heterocycles. The predicted molar refractivity (Wildman–Crippen MR) is 75.1 cm³/mol. The molecule has 0 radical (unpaired) electrons. The highest BCUT2D eigenvalue weighted by Gasteiger charge is 2.35. The number of benzene rings is 2. The summed E-state index contributed by atoms with van der Waals surface area (Å²) in [5.74, 6) is -1.11. The molecule has 2 aromatic carbocycles. The minimum Gasteiger partial charge on any atom is -0.224 e. The van der Waals surface area contributed by atoms with Gasteiger partial charge in [-0.25, -0.2) is 9.97 Å². The van der Waals surface area contributed by atoms with Crippen LogP contribution in [0.15, 0.2) is 64.5 Å².